The highest BCUT2D eigenvalue weighted by Gasteiger charge is 2.11. The van der Waals surface area contributed by atoms with Crippen molar-refractivity contribution in [1.82, 2.24) is 0 Å². The molecule has 0 aliphatic carbocycles. The molecule has 0 saturated heterocycles. The van der Waals surface area contributed by atoms with Crippen LogP contribution in [0.25, 0.3) is 0 Å². The summed E-state index contributed by atoms with van der Waals surface area (Å²) in [6.45, 7) is 3.72. The van der Waals surface area contributed by atoms with E-state index in [2.05, 4.69) is 5.32 Å². The first-order valence-corrected chi connectivity index (χ1v) is 5.83. The molecule has 5 nitrogen and oxygen atoms in total. The van der Waals surface area contributed by atoms with Gasteiger partial charge in [-0.05, 0) is 31.0 Å². The van der Waals surface area contributed by atoms with Crippen LogP contribution in [0, 0.1) is 6.92 Å². The smallest absolute Gasteiger partial charge is 0.335 e. The van der Waals surface area contributed by atoms with Crippen LogP contribution < -0.4 is 11.1 Å². The Kier molecular flexibility index (Phi) is 4.85. The minimum atomic E-state index is -1.02. The first-order valence-electron chi connectivity index (χ1n) is 5.83. The summed E-state index contributed by atoms with van der Waals surface area (Å²) < 4.78 is 0. The second kappa shape index (κ2) is 6.16. The van der Waals surface area contributed by atoms with Crippen molar-refractivity contribution in [3.05, 3.63) is 29.3 Å². The highest BCUT2D eigenvalue weighted by atomic mass is 16.4. The Bertz CT molecular complexity index is 458. The van der Waals surface area contributed by atoms with Gasteiger partial charge in [-0.3, -0.25) is 4.79 Å². The molecule has 1 unspecified atom stereocenters. The van der Waals surface area contributed by atoms with Crippen molar-refractivity contribution in [2.45, 2.75) is 32.7 Å². The summed E-state index contributed by atoms with van der Waals surface area (Å²) in [5.74, 6) is -1.22. The SMILES string of the molecule is CCC(N)CC(=O)Nc1cc(C(=O)O)ccc1C. The average molecular weight is 250 g/mol. The molecule has 1 atom stereocenters. The Labute approximate surface area is 106 Å². The number of nitrogens with one attached hydrogen (secondary N) is 1. The molecule has 0 aromatic heterocycles. The van der Waals surface area contributed by atoms with E-state index in [0.29, 0.717) is 5.69 Å². The number of anilines is 1. The Morgan fingerprint density at radius 2 is 2.11 bits per heavy atom. The summed E-state index contributed by atoms with van der Waals surface area (Å²) in [5.41, 5.74) is 7.17. The van der Waals surface area contributed by atoms with Crippen LogP contribution in [0.1, 0.15) is 35.7 Å². The molecule has 0 aliphatic rings. The Balaban J connectivity index is 2.80. The van der Waals surface area contributed by atoms with Gasteiger partial charge in [0.2, 0.25) is 5.91 Å². The number of carboxylic acids is 1. The fourth-order valence-electron chi connectivity index (χ4n) is 1.47. The molecule has 0 fully saturated rings. The molecular weight excluding hydrogens is 232 g/mol. The lowest BCUT2D eigenvalue weighted by molar-refractivity contribution is -0.116. The molecule has 0 spiro atoms. The topological polar surface area (TPSA) is 92.4 Å². The van der Waals surface area contributed by atoms with Gasteiger partial charge in [0.25, 0.3) is 0 Å². The zero-order valence-corrected chi connectivity index (χ0v) is 10.6. The number of rotatable bonds is 5. The highest BCUT2D eigenvalue weighted by molar-refractivity contribution is 5.94. The number of carboxylic acid groups (broad SMARTS) is 1. The van der Waals surface area contributed by atoms with Gasteiger partial charge in [0, 0.05) is 18.2 Å². The van der Waals surface area contributed by atoms with Crippen molar-refractivity contribution in [2.75, 3.05) is 5.32 Å². The third-order valence-corrected chi connectivity index (χ3v) is 2.73. The number of nitrogens with two attached hydrogens (primary N) is 1. The second-order valence-corrected chi connectivity index (χ2v) is 4.26. The van der Waals surface area contributed by atoms with Gasteiger partial charge in [0.1, 0.15) is 0 Å². The standard InChI is InChI=1S/C13H18N2O3/c1-3-10(14)7-12(16)15-11-6-9(13(17)18)5-4-8(11)2/h4-6,10H,3,7,14H2,1-2H3,(H,15,16)(H,17,18). The predicted molar refractivity (Wildman–Crippen MR) is 69.7 cm³/mol. The number of carbonyl (C=O) groups is 2. The average Bonchev–Trinajstić information content (AvgIpc) is 2.31. The molecule has 0 saturated carbocycles. The molecule has 1 aromatic rings. The fraction of sp³-hybridized carbons (Fsp3) is 0.385. The first kappa shape index (κ1) is 14.2. The molecule has 4 N–H and O–H groups in total. The van der Waals surface area contributed by atoms with Crippen LogP contribution in [0.5, 0.6) is 0 Å². The second-order valence-electron chi connectivity index (χ2n) is 4.26. The molecule has 0 bridgehead atoms. The fourth-order valence-corrected chi connectivity index (χ4v) is 1.47. The van der Waals surface area contributed by atoms with Gasteiger partial charge in [-0.1, -0.05) is 13.0 Å². The summed E-state index contributed by atoms with van der Waals surface area (Å²) in [5, 5.41) is 11.6. The van der Waals surface area contributed by atoms with E-state index in [4.69, 9.17) is 10.8 Å². The maximum absolute atomic E-state index is 11.7. The maximum atomic E-state index is 11.7. The van der Waals surface area contributed by atoms with Gasteiger partial charge in [-0.2, -0.15) is 0 Å². The van der Waals surface area contributed by atoms with Crippen LogP contribution >= 0.6 is 0 Å². The Morgan fingerprint density at radius 3 is 2.67 bits per heavy atom. The van der Waals surface area contributed by atoms with E-state index in [1.54, 1.807) is 13.0 Å². The van der Waals surface area contributed by atoms with Gasteiger partial charge in [0.05, 0.1) is 5.56 Å². The maximum Gasteiger partial charge on any atom is 0.335 e. The lowest BCUT2D eigenvalue weighted by atomic mass is 10.1. The molecule has 1 aromatic carbocycles. The van der Waals surface area contributed by atoms with Crippen LogP contribution in [0.15, 0.2) is 18.2 Å². The molecule has 98 valence electrons. The summed E-state index contributed by atoms with van der Waals surface area (Å²) in [7, 11) is 0. The van der Waals surface area contributed by atoms with E-state index in [0.717, 1.165) is 12.0 Å². The van der Waals surface area contributed by atoms with E-state index in [1.165, 1.54) is 12.1 Å². The number of hydrogen-bond acceptors (Lipinski definition) is 3. The minimum absolute atomic E-state index is 0.149. The van der Waals surface area contributed by atoms with E-state index in [9.17, 15) is 9.59 Å². The van der Waals surface area contributed by atoms with Gasteiger partial charge in [-0.15, -0.1) is 0 Å². The Hall–Kier alpha value is -1.88. The third kappa shape index (κ3) is 3.85. The summed E-state index contributed by atoms with van der Waals surface area (Å²) >= 11 is 0. The largest absolute Gasteiger partial charge is 0.478 e. The van der Waals surface area contributed by atoms with Crippen LogP contribution in [-0.4, -0.2) is 23.0 Å². The van der Waals surface area contributed by atoms with Crippen LogP contribution in [0.4, 0.5) is 5.69 Å². The van der Waals surface area contributed by atoms with Crippen molar-refractivity contribution in [1.29, 1.82) is 0 Å². The van der Waals surface area contributed by atoms with Gasteiger partial charge < -0.3 is 16.2 Å². The molecule has 18 heavy (non-hydrogen) atoms. The van der Waals surface area contributed by atoms with E-state index in [1.807, 2.05) is 6.92 Å². The number of hydrogen-bond donors (Lipinski definition) is 3. The first-order chi connectivity index (χ1) is 8.43. The summed E-state index contributed by atoms with van der Waals surface area (Å²) in [4.78, 5) is 22.5. The molecule has 0 radical (unpaired) electrons. The van der Waals surface area contributed by atoms with Crippen LogP contribution in [-0.2, 0) is 4.79 Å². The monoisotopic (exact) mass is 250 g/mol. The lowest BCUT2D eigenvalue weighted by Gasteiger charge is -2.11. The Morgan fingerprint density at radius 1 is 1.44 bits per heavy atom. The molecule has 1 rings (SSSR count). The van der Waals surface area contributed by atoms with Gasteiger partial charge in [0.15, 0.2) is 0 Å². The van der Waals surface area contributed by atoms with E-state index in [-0.39, 0.29) is 23.9 Å². The minimum Gasteiger partial charge on any atom is -0.478 e. The number of amides is 1. The van der Waals surface area contributed by atoms with Gasteiger partial charge in [-0.25, -0.2) is 4.79 Å². The van der Waals surface area contributed by atoms with Crippen molar-refractivity contribution in [3.8, 4) is 0 Å². The molecule has 0 heterocycles. The zero-order valence-electron chi connectivity index (χ0n) is 10.6. The number of aromatic carboxylic acids is 1. The summed E-state index contributed by atoms with van der Waals surface area (Å²) in [6.07, 6.45) is 0.953. The molecular formula is C13H18N2O3. The molecule has 0 aliphatic heterocycles. The van der Waals surface area contributed by atoms with Crippen molar-refractivity contribution in [2.24, 2.45) is 5.73 Å². The van der Waals surface area contributed by atoms with E-state index < -0.39 is 5.97 Å². The van der Waals surface area contributed by atoms with Crippen molar-refractivity contribution >= 4 is 17.6 Å². The highest BCUT2D eigenvalue weighted by Crippen LogP contribution is 2.17. The molecule has 5 heteroatoms. The normalized spacial score (nSPS) is 11.9. The number of aryl methyl sites for hydroxylation is 1. The zero-order chi connectivity index (χ0) is 13.7. The van der Waals surface area contributed by atoms with Crippen LogP contribution in [0.3, 0.4) is 0 Å². The van der Waals surface area contributed by atoms with E-state index >= 15 is 0 Å². The van der Waals surface area contributed by atoms with Crippen LogP contribution in [0.2, 0.25) is 0 Å². The van der Waals surface area contributed by atoms with Crippen molar-refractivity contribution in [3.63, 3.8) is 0 Å². The van der Waals surface area contributed by atoms with Gasteiger partial charge >= 0.3 is 5.97 Å². The third-order valence-electron chi connectivity index (χ3n) is 2.73. The lowest BCUT2D eigenvalue weighted by Crippen LogP contribution is -2.26. The summed E-state index contributed by atoms with van der Waals surface area (Å²) in [6, 6.07) is 4.45. The molecule has 1 amide bonds. The predicted octanol–water partition coefficient (Wildman–Crippen LogP) is 1.76. The number of benzene rings is 1. The number of carbonyl (C=O) groups excluding carboxylic acids is 1. The van der Waals surface area contributed by atoms with Crippen molar-refractivity contribution < 1.29 is 14.7 Å². The quantitative estimate of drug-likeness (QED) is 0.742.